The van der Waals surface area contributed by atoms with Crippen LogP contribution in [0.2, 0.25) is 5.28 Å². The van der Waals surface area contributed by atoms with Crippen LogP contribution in [-0.2, 0) is 6.67 Å². The van der Waals surface area contributed by atoms with Crippen molar-refractivity contribution in [1.82, 2.24) is 14.9 Å². The van der Waals surface area contributed by atoms with E-state index in [1.165, 1.54) is 4.57 Å². The fourth-order valence-corrected chi connectivity index (χ4v) is 1.66. The Balaban J connectivity index is 2.78. The van der Waals surface area contributed by atoms with Crippen LogP contribution < -0.4 is 10.9 Å². The molecule has 0 bridgehead atoms. The molecule has 0 spiro atoms. The van der Waals surface area contributed by atoms with E-state index in [2.05, 4.69) is 10.3 Å². The molecule has 0 fully saturated rings. The molecular formula is C10H10ClN3O. The van der Waals surface area contributed by atoms with E-state index in [9.17, 15) is 4.79 Å². The maximum atomic E-state index is 11.9. The number of rotatable bonds is 2. The minimum Gasteiger partial charge on any atom is -0.302 e. The Kier molecular flexibility index (Phi) is 2.70. The lowest BCUT2D eigenvalue weighted by Crippen LogP contribution is -2.27. The van der Waals surface area contributed by atoms with E-state index >= 15 is 0 Å². The molecule has 0 aliphatic heterocycles. The summed E-state index contributed by atoms with van der Waals surface area (Å²) in [4.78, 5) is 16.1. The monoisotopic (exact) mass is 223 g/mol. The largest absolute Gasteiger partial charge is 0.302 e. The number of benzene rings is 1. The molecule has 0 atom stereocenters. The molecule has 78 valence electrons. The highest BCUT2D eigenvalue weighted by atomic mass is 35.5. The van der Waals surface area contributed by atoms with E-state index in [4.69, 9.17) is 11.6 Å². The number of aromatic nitrogens is 2. The summed E-state index contributed by atoms with van der Waals surface area (Å²) in [6.07, 6.45) is 0. The van der Waals surface area contributed by atoms with Crippen molar-refractivity contribution in [2.75, 3.05) is 7.05 Å². The van der Waals surface area contributed by atoms with E-state index in [0.717, 1.165) is 0 Å². The van der Waals surface area contributed by atoms with E-state index in [1.807, 2.05) is 12.1 Å². The third-order valence-electron chi connectivity index (χ3n) is 2.13. The number of hydrogen-bond acceptors (Lipinski definition) is 3. The van der Waals surface area contributed by atoms with Gasteiger partial charge in [-0.25, -0.2) is 4.98 Å². The number of nitrogens with one attached hydrogen (secondary N) is 1. The predicted octanol–water partition coefficient (Wildman–Crippen LogP) is 1.23. The van der Waals surface area contributed by atoms with Crippen LogP contribution in [0.15, 0.2) is 29.1 Å². The maximum absolute atomic E-state index is 11.9. The predicted molar refractivity (Wildman–Crippen MR) is 60.1 cm³/mol. The molecule has 4 nitrogen and oxygen atoms in total. The van der Waals surface area contributed by atoms with Crippen molar-refractivity contribution in [2.24, 2.45) is 0 Å². The van der Waals surface area contributed by atoms with Crippen molar-refractivity contribution >= 4 is 22.5 Å². The molecule has 0 amide bonds. The van der Waals surface area contributed by atoms with Gasteiger partial charge >= 0.3 is 0 Å². The molecule has 5 heteroatoms. The van der Waals surface area contributed by atoms with E-state index in [1.54, 1.807) is 19.2 Å². The molecule has 0 unspecified atom stereocenters. The highest BCUT2D eigenvalue weighted by Crippen LogP contribution is 2.10. The quantitative estimate of drug-likeness (QED) is 0.779. The number of hydrogen-bond donors (Lipinski definition) is 1. The van der Waals surface area contributed by atoms with Crippen molar-refractivity contribution in [1.29, 1.82) is 0 Å². The maximum Gasteiger partial charge on any atom is 0.263 e. The second-order valence-corrected chi connectivity index (χ2v) is 3.48. The molecule has 1 aromatic heterocycles. The first-order chi connectivity index (χ1) is 7.24. The fourth-order valence-electron chi connectivity index (χ4n) is 1.44. The molecule has 0 saturated carbocycles. The summed E-state index contributed by atoms with van der Waals surface area (Å²) >= 11 is 5.90. The van der Waals surface area contributed by atoms with Crippen LogP contribution in [0, 0.1) is 0 Å². The van der Waals surface area contributed by atoms with Gasteiger partial charge in [-0.05, 0) is 30.8 Å². The summed E-state index contributed by atoms with van der Waals surface area (Å²) in [6, 6.07) is 7.15. The molecule has 0 radical (unpaired) electrons. The zero-order valence-corrected chi connectivity index (χ0v) is 8.95. The van der Waals surface area contributed by atoms with Gasteiger partial charge in [0.2, 0.25) is 5.28 Å². The Morgan fingerprint density at radius 1 is 1.47 bits per heavy atom. The third kappa shape index (κ3) is 1.73. The van der Waals surface area contributed by atoms with E-state index < -0.39 is 0 Å². The summed E-state index contributed by atoms with van der Waals surface area (Å²) in [5.41, 5.74) is 0.500. The Morgan fingerprint density at radius 3 is 2.93 bits per heavy atom. The Bertz CT molecular complexity index is 550. The molecule has 1 aromatic carbocycles. The summed E-state index contributed by atoms with van der Waals surface area (Å²) < 4.78 is 1.39. The zero-order chi connectivity index (χ0) is 10.8. The van der Waals surface area contributed by atoms with Crippen molar-refractivity contribution < 1.29 is 0 Å². The summed E-state index contributed by atoms with van der Waals surface area (Å²) in [7, 11) is 1.75. The van der Waals surface area contributed by atoms with Crippen LogP contribution in [0.25, 0.3) is 10.9 Å². The lowest BCUT2D eigenvalue weighted by molar-refractivity contribution is 0.594. The average molecular weight is 224 g/mol. The van der Waals surface area contributed by atoms with Gasteiger partial charge in [-0.15, -0.1) is 0 Å². The summed E-state index contributed by atoms with van der Waals surface area (Å²) in [5, 5.41) is 3.65. The molecule has 15 heavy (non-hydrogen) atoms. The van der Waals surface area contributed by atoms with Gasteiger partial charge in [-0.2, -0.15) is 0 Å². The molecule has 0 aliphatic carbocycles. The van der Waals surface area contributed by atoms with Gasteiger partial charge in [-0.1, -0.05) is 12.1 Å². The normalized spacial score (nSPS) is 10.8. The second kappa shape index (κ2) is 4.00. The van der Waals surface area contributed by atoms with Gasteiger partial charge in [0.25, 0.3) is 5.56 Å². The van der Waals surface area contributed by atoms with Gasteiger partial charge < -0.3 is 5.32 Å². The Morgan fingerprint density at radius 2 is 2.20 bits per heavy atom. The van der Waals surface area contributed by atoms with E-state index in [-0.39, 0.29) is 10.8 Å². The van der Waals surface area contributed by atoms with Crippen LogP contribution in [0.4, 0.5) is 0 Å². The van der Waals surface area contributed by atoms with Gasteiger partial charge in [0.05, 0.1) is 17.6 Å². The van der Waals surface area contributed by atoms with Gasteiger partial charge in [0, 0.05) is 0 Å². The minimum atomic E-state index is -0.125. The van der Waals surface area contributed by atoms with Crippen LogP contribution in [0.1, 0.15) is 0 Å². The second-order valence-electron chi connectivity index (χ2n) is 3.14. The first-order valence-corrected chi connectivity index (χ1v) is 4.91. The molecule has 2 aromatic rings. The average Bonchev–Trinajstić information content (AvgIpc) is 2.24. The van der Waals surface area contributed by atoms with Crippen molar-refractivity contribution in [2.45, 2.75) is 6.67 Å². The van der Waals surface area contributed by atoms with Gasteiger partial charge in [-0.3, -0.25) is 9.36 Å². The topological polar surface area (TPSA) is 46.9 Å². The highest BCUT2D eigenvalue weighted by molar-refractivity contribution is 6.28. The van der Waals surface area contributed by atoms with Crippen LogP contribution in [-0.4, -0.2) is 16.6 Å². The third-order valence-corrected chi connectivity index (χ3v) is 2.42. The minimum absolute atomic E-state index is 0.125. The first-order valence-electron chi connectivity index (χ1n) is 4.53. The number of halogens is 1. The standard InChI is InChI=1S/C10H10ClN3O/c1-12-6-14-9(15)7-4-2-3-5-8(7)13-10(14)11/h2-5,12H,6H2,1H3. The van der Waals surface area contributed by atoms with Crippen molar-refractivity contribution in [3.63, 3.8) is 0 Å². The van der Waals surface area contributed by atoms with Crippen LogP contribution in [0.3, 0.4) is 0 Å². The molecule has 1 heterocycles. The molecule has 2 rings (SSSR count). The van der Waals surface area contributed by atoms with Crippen molar-refractivity contribution in [3.8, 4) is 0 Å². The van der Waals surface area contributed by atoms with Crippen molar-refractivity contribution in [3.05, 3.63) is 39.9 Å². The SMILES string of the molecule is CNCn1c(Cl)nc2ccccc2c1=O. The van der Waals surface area contributed by atoms with Gasteiger partial charge in [0.15, 0.2) is 0 Å². The zero-order valence-electron chi connectivity index (χ0n) is 8.20. The van der Waals surface area contributed by atoms with Gasteiger partial charge in [0.1, 0.15) is 0 Å². The van der Waals surface area contributed by atoms with E-state index in [0.29, 0.717) is 17.6 Å². The Hall–Kier alpha value is -1.39. The van der Waals surface area contributed by atoms with Crippen LogP contribution >= 0.6 is 11.6 Å². The number of para-hydroxylation sites is 1. The molecule has 1 N–H and O–H groups in total. The van der Waals surface area contributed by atoms with Crippen LogP contribution in [0.5, 0.6) is 0 Å². The lowest BCUT2D eigenvalue weighted by Gasteiger charge is -2.07. The number of nitrogens with zero attached hydrogens (tertiary/aromatic N) is 2. The molecule has 0 saturated heterocycles. The smallest absolute Gasteiger partial charge is 0.263 e. The lowest BCUT2D eigenvalue weighted by atomic mass is 10.2. The summed E-state index contributed by atoms with van der Waals surface area (Å²) in [5.74, 6) is 0. The summed E-state index contributed by atoms with van der Waals surface area (Å²) in [6.45, 7) is 0.357. The fraction of sp³-hybridized carbons (Fsp3) is 0.200. The highest BCUT2D eigenvalue weighted by Gasteiger charge is 2.07. The molecule has 0 aliphatic rings. The number of fused-ring (bicyclic) bond motifs is 1. The first kappa shape index (κ1) is 10.1. The Labute approximate surface area is 91.5 Å². The molecular weight excluding hydrogens is 214 g/mol.